The number of nitrogens with one attached hydrogen (secondary N) is 1. The third-order valence-corrected chi connectivity index (χ3v) is 5.22. The Bertz CT molecular complexity index is 1160. The molecule has 3 nitrogen and oxygen atoms in total. The van der Waals surface area contributed by atoms with E-state index in [1.54, 1.807) is 17.4 Å². The lowest BCUT2D eigenvalue weighted by Gasteiger charge is -2.07. The number of hydrogen-bond donors (Lipinski definition) is 1. The SMILES string of the molecule is O=C(Cc1ccc(F)cc1F)Nc1cccc(-c2csc(-c3ccccc3)n2)c1. The number of anilines is 1. The molecule has 0 unspecified atom stereocenters. The molecule has 4 aromatic rings. The van der Waals surface area contributed by atoms with Crippen LogP contribution in [0.15, 0.2) is 78.2 Å². The van der Waals surface area contributed by atoms with E-state index in [2.05, 4.69) is 10.3 Å². The number of thiazole rings is 1. The van der Waals surface area contributed by atoms with Crippen molar-refractivity contribution in [2.45, 2.75) is 6.42 Å². The molecule has 1 amide bonds. The zero-order chi connectivity index (χ0) is 20.2. The molecule has 0 aliphatic rings. The number of halogens is 2. The van der Waals surface area contributed by atoms with Crippen LogP contribution in [0.3, 0.4) is 0 Å². The summed E-state index contributed by atoms with van der Waals surface area (Å²) in [6.07, 6.45) is -0.175. The fourth-order valence-electron chi connectivity index (χ4n) is 2.92. The summed E-state index contributed by atoms with van der Waals surface area (Å²) in [7, 11) is 0. The van der Waals surface area contributed by atoms with E-state index in [0.717, 1.165) is 34.0 Å². The van der Waals surface area contributed by atoms with Crippen LogP contribution in [0.4, 0.5) is 14.5 Å². The van der Waals surface area contributed by atoms with Gasteiger partial charge in [0.15, 0.2) is 0 Å². The number of benzene rings is 3. The Kier molecular flexibility index (Phi) is 5.44. The highest BCUT2D eigenvalue weighted by molar-refractivity contribution is 7.13. The maximum atomic E-state index is 13.8. The summed E-state index contributed by atoms with van der Waals surface area (Å²) in [5.41, 5.74) is 3.47. The van der Waals surface area contributed by atoms with Crippen LogP contribution in [0.2, 0.25) is 0 Å². The minimum Gasteiger partial charge on any atom is -0.326 e. The van der Waals surface area contributed by atoms with Crippen LogP contribution in [0, 0.1) is 11.6 Å². The molecule has 0 bridgehead atoms. The number of amides is 1. The van der Waals surface area contributed by atoms with Crippen LogP contribution in [0.5, 0.6) is 0 Å². The first-order chi connectivity index (χ1) is 14.1. The zero-order valence-electron chi connectivity index (χ0n) is 15.2. The molecular formula is C23H16F2N2OS. The highest BCUT2D eigenvalue weighted by Gasteiger charge is 2.11. The molecule has 144 valence electrons. The second-order valence-electron chi connectivity index (χ2n) is 6.45. The predicted molar refractivity (Wildman–Crippen MR) is 112 cm³/mol. The standard InChI is InChI=1S/C23H16F2N2OS/c24-18-10-9-16(20(25)13-18)12-22(28)26-19-8-4-7-17(11-19)21-14-29-23(27-21)15-5-2-1-3-6-15/h1-11,13-14H,12H2,(H,26,28). The highest BCUT2D eigenvalue weighted by atomic mass is 32.1. The van der Waals surface area contributed by atoms with Crippen molar-refractivity contribution in [1.82, 2.24) is 4.98 Å². The molecule has 6 heteroatoms. The van der Waals surface area contributed by atoms with Gasteiger partial charge >= 0.3 is 0 Å². The molecule has 1 heterocycles. The maximum Gasteiger partial charge on any atom is 0.228 e. The molecule has 0 atom stereocenters. The maximum absolute atomic E-state index is 13.8. The minimum absolute atomic E-state index is 0.145. The van der Waals surface area contributed by atoms with E-state index in [4.69, 9.17) is 0 Å². The summed E-state index contributed by atoms with van der Waals surface area (Å²) in [6.45, 7) is 0. The Morgan fingerprint density at radius 3 is 2.52 bits per heavy atom. The van der Waals surface area contributed by atoms with E-state index in [1.807, 2.05) is 53.9 Å². The third-order valence-electron chi connectivity index (χ3n) is 4.33. The minimum atomic E-state index is -0.732. The average Bonchev–Trinajstić information content (AvgIpc) is 3.21. The van der Waals surface area contributed by atoms with E-state index >= 15 is 0 Å². The lowest BCUT2D eigenvalue weighted by Crippen LogP contribution is -2.15. The summed E-state index contributed by atoms with van der Waals surface area (Å²) in [6, 6.07) is 20.4. The van der Waals surface area contributed by atoms with Crippen molar-refractivity contribution in [3.63, 3.8) is 0 Å². The summed E-state index contributed by atoms with van der Waals surface area (Å²) in [5.74, 6) is -1.78. The van der Waals surface area contributed by atoms with Crippen LogP contribution < -0.4 is 5.32 Å². The van der Waals surface area contributed by atoms with E-state index in [0.29, 0.717) is 5.69 Å². The van der Waals surface area contributed by atoms with Gasteiger partial charge in [-0.05, 0) is 23.8 Å². The topological polar surface area (TPSA) is 42.0 Å². The van der Waals surface area contributed by atoms with Crippen molar-refractivity contribution in [1.29, 1.82) is 0 Å². The number of nitrogens with zero attached hydrogens (tertiary/aromatic N) is 1. The molecule has 0 aliphatic carbocycles. The first kappa shape index (κ1) is 19.0. The molecule has 0 aliphatic heterocycles. The molecule has 0 saturated heterocycles. The molecule has 1 N–H and O–H groups in total. The lowest BCUT2D eigenvalue weighted by molar-refractivity contribution is -0.115. The van der Waals surface area contributed by atoms with Crippen LogP contribution >= 0.6 is 11.3 Å². The van der Waals surface area contributed by atoms with Gasteiger partial charge in [-0.15, -0.1) is 11.3 Å². The smallest absolute Gasteiger partial charge is 0.228 e. The highest BCUT2D eigenvalue weighted by Crippen LogP contribution is 2.29. The van der Waals surface area contributed by atoms with Gasteiger partial charge in [0.2, 0.25) is 5.91 Å². The predicted octanol–water partition coefficient (Wildman–Crippen LogP) is 5.94. The van der Waals surface area contributed by atoms with Crippen LogP contribution in [0.1, 0.15) is 5.56 Å². The van der Waals surface area contributed by atoms with Crippen molar-refractivity contribution in [3.8, 4) is 21.8 Å². The van der Waals surface area contributed by atoms with Crippen LogP contribution in [-0.4, -0.2) is 10.9 Å². The molecule has 1 aromatic heterocycles. The Balaban J connectivity index is 1.49. The molecule has 0 fully saturated rings. The van der Waals surface area contributed by atoms with Gasteiger partial charge < -0.3 is 5.32 Å². The molecule has 0 spiro atoms. The Hall–Kier alpha value is -3.38. The van der Waals surface area contributed by atoms with Gasteiger partial charge in [-0.25, -0.2) is 13.8 Å². The molecule has 29 heavy (non-hydrogen) atoms. The Morgan fingerprint density at radius 1 is 0.931 bits per heavy atom. The van der Waals surface area contributed by atoms with Gasteiger partial charge in [-0.2, -0.15) is 0 Å². The monoisotopic (exact) mass is 406 g/mol. The number of carbonyl (C=O) groups excluding carboxylic acids is 1. The summed E-state index contributed by atoms with van der Waals surface area (Å²) in [5, 5.41) is 5.64. The van der Waals surface area contributed by atoms with Crippen LogP contribution in [-0.2, 0) is 11.2 Å². The fraction of sp³-hybridized carbons (Fsp3) is 0.0435. The van der Waals surface area contributed by atoms with Gasteiger partial charge in [-0.1, -0.05) is 48.5 Å². The third kappa shape index (κ3) is 4.55. The lowest BCUT2D eigenvalue weighted by atomic mass is 10.1. The van der Waals surface area contributed by atoms with E-state index in [-0.39, 0.29) is 17.9 Å². The number of hydrogen-bond acceptors (Lipinski definition) is 3. The van der Waals surface area contributed by atoms with Gasteiger partial charge in [0.05, 0.1) is 12.1 Å². The van der Waals surface area contributed by atoms with Crippen molar-refractivity contribution < 1.29 is 13.6 Å². The van der Waals surface area contributed by atoms with E-state index in [1.165, 1.54) is 6.07 Å². The second kappa shape index (κ2) is 8.32. The number of aromatic nitrogens is 1. The largest absolute Gasteiger partial charge is 0.326 e. The summed E-state index contributed by atoms with van der Waals surface area (Å²) in [4.78, 5) is 17.0. The quantitative estimate of drug-likeness (QED) is 0.446. The van der Waals surface area contributed by atoms with E-state index in [9.17, 15) is 13.6 Å². The number of carbonyl (C=O) groups is 1. The van der Waals surface area contributed by atoms with E-state index < -0.39 is 11.6 Å². The van der Waals surface area contributed by atoms with Gasteiger partial charge in [0, 0.05) is 28.3 Å². The second-order valence-corrected chi connectivity index (χ2v) is 7.30. The zero-order valence-corrected chi connectivity index (χ0v) is 16.0. The molecule has 4 rings (SSSR count). The van der Waals surface area contributed by atoms with Gasteiger partial charge in [-0.3, -0.25) is 4.79 Å². The first-order valence-electron chi connectivity index (χ1n) is 8.93. The first-order valence-corrected chi connectivity index (χ1v) is 9.81. The molecule has 3 aromatic carbocycles. The molecular weight excluding hydrogens is 390 g/mol. The number of rotatable bonds is 5. The normalized spacial score (nSPS) is 10.7. The van der Waals surface area contributed by atoms with Gasteiger partial charge in [0.1, 0.15) is 16.6 Å². The van der Waals surface area contributed by atoms with Gasteiger partial charge in [0.25, 0.3) is 0 Å². The van der Waals surface area contributed by atoms with Crippen molar-refractivity contribution in [2.24, 2.45) is 0 Å². The van der Waals surface area contributed by atoms with Crippen molar-refractivity contribution in [3.05, 3.63) is 95.4 Å². The van der Waals surface area contributed by atoms with Crippen molar-refractivity contribution >= 4 is 22.9 Å². The summed E-state index contributed by atoms with van der Waals surface area (Å²) >= 11 is 1.55. The fourth-order valence-corrected chi connectivity index (χ4v) is 3.75. The average molecular weight is 406 g/mol. The summed E-state index contributed by atoms with van der Waals surface area (Å²) < 4.78 is 26.8. The Labute approximate surface area is 170 Å². The Morgan fingerprint density at radius 2 is 1.72 bits per heavy atom. The van der Waals surface area contributed by atoms with Crippen LogP contribution in [0.25, 0.3) is 21.8 Å². The molecule has 0 radical (unpaired) electrons. The van der Waals surface area contributed by atoms with Crippen molar-refractivity contribution in [2.75, 3.05) is 5.32 Å². The molecule has 0 saturated carbocycles.